The molecule has 0 aliphatic rings. The predicted octanol–water partition coefficient (Wildman–Crippen LogP) is 3.58. The first-order valence-electron chi connectivity index (χ1n) is 8.91. The minimum Gasteiger partial charge on any atom is -0.349 e. The lowest BCUT2D eigenvalue weighted by Crippen LogP contribution is -2.29. The van der Waals surface area contributed by atoms with E-state index >= 15 is 0 Å². The molecule has 0 saturated carbocycles. The van der Waals surface area contributed by atoms with Crippen LogP contribution in [0.2, 0.25) is 0 Å². The summed E-state index contributed by atoms with van der Waals surface area (Å²) >= 11 is 1.56. The highest BCUT2D eigenvalue weighted by Gasteiger charge is 2.17. The van der Waals surface area contributed by atoms with Gasteiger partial charge in [0, 0.05) is 47.6 Å². The van der Waals surface area contributed by atoms with Gasteiger partial charge in [-0.2, -0.15) is 0 Å². The second-order valence-electron chi connectivity index (χ2n) is 6.43. The number of imidazole rings is 1. The molecule has 6 nitrogen and oxygen atoms in total. The van der Waals surface area contributed by atoms with Crippen molar-refractivity contribution in [1.82, 2.24) is 24.3 Å². The van der Waals surface area contributed by atoms with E-state index in [4.69, 9.17) is 0 Å². The number of hydrogen-bond donors (Lipinski definition) is 1. The molecule has 1 atom stereocenters. The number of benzene rings is 1. The van der Waals surface area contributed by atoms with E-state index in [2.05, 4.69) is 38.2 Å². The summed E-state index contributed by atoms with van der Waals surface area (Å²) in [6, 6.07) is 9.97. The Hall–Kier alpha value is -2.80. The molecule has 1 amide bonds. The number of fused-ring (bicyclic) bond motifs is 2. The number of aromatic nitrogens is 4. The second-order valence-corrected chi connectivity index (χ2v) is 7.45. The van der Waals surface area contributed by atoms with Gasteiger partial charge in [0.05, 0.1) is 17.5 Å². The van der Waals surface area contributed by atoms with Gasteiger partial charge >= 0.3 is 0 Å². The molecule has 0 saturated heterocycles. The van der Waals surface area contributed by atoms with E-state index in [1.807, 2.05) is 49.0 Å². The highest BCUT2D eigenvalue weighted by atomic mass is 32.2. The molecule has 0 unspecified atom stereocenters. The molecule has 7 heteroatoms. The summed E-state index contributed by atoms with van der Waals surface area (Å²) in [5, 5.41) is 4.28. The van der Waals surface area contributed by atoms with Crippen LogP contribution in [0.15, 0.2) is 60.0 Å². The summed E-state index contributed by atoms with van der Waals surface area (Å²) in [6.45, 7) is 2.04. The molecule has 0 aliphatic carbocycles. The first-order valence-corrected chi connectivity index (χ1v) is 9.90. The maximum Gasteiger partial charge on any atom is 0.233 e. The third kappa shape index (κ3) is 3.55. The number of thioether (sulfide) groups is 1. The van der Waals surface area contributed by atoms with Crippen LogP contribution in [0.5, 0.6) is 0 Å². The van der Waals surface area contributed by atoms with E-state index in [0.717, 1.165) is 17.0 Å². The fourth-order valence-electron chi connectivity index (χ4n) is 3.20. The summed E-state index contributed by atoms with van der Waals surface area (Å²) in [5.74, 6) is 1.02. The Kier molecular flexibility index (Phi) is 4.85. The van der Waals surface area contributed by atoms with Crippen molar-refractivity contribution >= 4 is 34.3 Å². The number of nitrogens with one attached hydrogen (secondary N) is 1. The van der Waals surface area contributed by atoms with E-state index in [0.29, 0.717) is 11.5 Å². The van der Waals surface area contributed by atoms with Gasteiger partial charge in [0.15, 0.2) is 0 Å². The molecule has 4 aromatic rings. The van der Waals surface area contributed by atoms with Gasteiger partial charge in [-0.05, 0) is 18.6 Å². The monoisotopic (exact) mass is 379 g/mol. The Bertz CT molecular complexity index is 1070. The Morgan fingerprint density at radius 3 is 2.93 bits per heavy atom. The van der Waals surface area contributed by atoms with Crippen LogP contribution in [-0.4, -0.2) is 30.6 Å². The van der Waals surface area contributed by atoms with Crippen molar-refractivity contribution in [2.24, 2.45) is 7.05 Å². The fraction of sp³-hybridized carbons (Fsp3) is 0.250. The minimum absolute atomic E-state index is 0.00444. The van der Waals surface area contributed by atoms with E-state index in [9.17, 15) is 4.79 Å². The third-order valence-corrected chi connectivity index (χ3v) is 5.62. The average molecular weight is 379 g/mol. The highest BCUT2D eigenvalue weighted by molar-refractivity contribution is 8.00. The SMILES string of the molecule is CC[C@@H](NC(=O)CSc1cn(C)c2ccccc12)c1cn2cccnc2n1. The molecular formula is C20H21N5OS. The lowest BCUT2D eigenvalue weighted by molar-refractivity contribution is -0.119. The fourth-order valence-corrected chi connectivity index (χ4v) is 4.13. The summed E-state index contributed by atoms with van der Waals surface area (Å²) in [7, 11) is 2.02. The van der Waals surface area contributed by atoms with Gasteiger partial charge in [0.1, 0.15) is 0 Å². The number of nitrogens with zero attached hydrogens (tertiary/aromatic N) is 4. The van der Waals surface area contributed by atoms with Crippen molar-refractivity contribution in [1.29, 1.82) is 0 Å². The maximum absolute atomic E-state index is 12.5. The molecule has 3 heterocycles. The third-order valence-electron chi connectivity index (χ3n) is 4.57. The summed E-state index contributed by atoms with van der Waals surface area (Å²) in [4.78, 5) is 22.4. The Balaban J connectivity index is 1.44. The normalized spacial score (nSPS) is 12.5. The number of para-hydroxylation sites is 1. The van der Waals surface area contributed by atoms with E-state index in [1.165, 1.54) is 10.9 Å². The molecule has 0 bridgehead atoms. The van der Waals surface area contributed by atoms with E-state index in [1.54, 1.807) is 18.0 Å². The highest BCUT2D eigenvalue weighted by Crippen LogP contribution is 2.29. The van der Waals surface area contributed by atoms with Gasteiger partial charge < -0.3 is 9.88 Å². The van der Waals surface area contributed by atoms with Gasteiger partial charge in [0.25, 0.3) is 0 Å². The van der Waals surface area contributed by atoms with E-state index in [-0.39, 0.29) is 11.9 Å². The Labute approximate surface area is 161 Å². The molecule has 0 spiro atoms. The zero-order chi connectivity index (χ0) is 18.8. The Morgan fingerprint density at radius 2 is 2.11 bits per heavy atom. The largest absolute Gasteiger partial charge is 0.349 e. The zero-order valence-electron chi connectivity index (χ0n) is 15.3. The molecule has 1 N–H and O–H groups in total. The van der Waals surface area contributed by atoms with Gasteiger partial charge in [-0.3, -0.25) is 9.20 Å². The molecular weight excluding hydrogens is 358 g/mol. The van der Waals surface area contributed by atoms with Gasteiger partial charge in [-0.15, -0.1) is 11.8 Å². The van der Waals surface area contributed by atoms with Gasteiger partial charge in [-0.25, -0.2) is 9.97 Å². The number of carbonyl (C=O) groups excluding carboxylic acids is 1. The van der Waals surface area contributed by atoms with Crippen LogP contribution in [0.3, 0.4) is 0 Å². The number of hydrogen-bond acceptors (Lipinski definition) is 4. The summed E-state index contributed by atoms with van der Waals surface area (Å²) in [5.41, 5.74) is 2.00. The standard InChI is InChI=1S/C20H21N5OS/c1-3-15(16-11-25-10-6-9-21-20(25)23-16)22-19(26)13-27-18-12-24(2)17-8-5-4-7-14(17)18/h4-12,15H,3,13H2,1-2H3,(H,22,26)/t15-/m1/s1. The lowest BCUT2D eigenvalue weighted by atomic mass is 10.2. The van der Waals surface area contributed by atoms with Crippen molar-refractivity contribution in [2.75, 3.05) is 5.75 Å². The summed E-state index contributed by atoms with van der Waals surface area (Å²) in [6.07, 6.45) is 8.40. The first-order chi connectivity index (χ1) is 13.2. The van der Waals surface area contributed by atoms with Crippen molar-refractivity contribution in [2.45, 2.75) is 24.3 Å². The average Bonchev–Trinajstić information content (AvgIpc) is 3.26. The smallest absolute Gasteiger partial charge is 0.233 e. The quantitative estimate of drug-likeness (QED) is 0.520. The topological polar surface area (TPSA) is 64.2 Å². The predicted molar refractivity (Wildman–Crippen MR) is 108 cm³/mol. The lowest BCUT2D eigenvalue weighted by Gasteiger charge is -2.14. The number of rotatable bonds is 6. The minimum atomic E-state index is -0.118. The van der Waals surface area contributed by atoms with Crippen LogP contribution in [0.1, 0.15) is 25.1 Å². The first kappa shape index (κ1) is 17.6. The molecule has 1 aromatic carbocycles. The van der Waals surface area contributed by atoms with Crippen LogP contribution >= 0.6 is 11.8 Å². The molecule has 0 aliphatic heterocycles. The van der Waals surface area contributed by atoms with Gasteiger partial charge in [-0.1, -0.05) is 25.1 Å². The molecule has 0 fully saturated rings. The maximum atomic E-state index is 12.5. The molecule has 138 valence electrons. The van der Waals surface area contributed by atoms with Crippen LogP contribution in [0.25, 0.3) is 16.7 Å². The molecule has 0 radical (unpaired) electrons. The molecule has 3 aromatic heterocycles. The van der Waals surface area contributed by atoms with Crippen LogP contribution in [0, 0.1) is 0 Å². The molecule has 27 heavy (non-hydrogen) atoms. The number of aryl methyl sites for hydroxylation is 1. The van der Waals surface area contributed by atoms with Gasteiger partial charge in [0.2, 0.25) is 11.7 Å². The second kappa shape index (κ2) is 7.44. The van der Waals surface area contributed by atoms with Crippen molar-refractivity contribution in [3.63, 3.8) is 0 Å². The van der Waals surface area contributed by atoms with Crippen LogP contribution in [-0.2, 0) is 11.8 Å². The number of amides is 1. The van der Waals surface area contributed by atoms with Crippen molar-refractivity contribution in [3.05, 3.63) is 60.8 Å². The zero-order valence-corrected chi connectivity index (χ0v) is 16.1. The van der Waals surface area contributed by atoms with Crippen LogP contribution < -0.4 is 5.32 Å². The van der Waals surface area contributed by atoms with Crippen molar-refractivity contribution in [3.8, 4) is 0 Å². The number of carbonyl (C=O) groups is 1. The van der Waals surface area contributed by atoms with Crippen molar-refractivity contribution < 1.29 is 4.79 Å². The van der Waals surface area contributed by atoms with E-state index < -0.39 is 0 Å². The summed E-state index contributed by atoms with van der Waals surface area (Å²) < 4.78 is 3.96. The molecule has 4 rings (SSSR count). The Morgan fingerprint density at radius 1 is 1.26 bits per heavy atom. The van der Waals surface area contributed by atoms with Crippen LogP contribution in [0.4, 0.5) is 0 Å².